The zero-order valence-corrected chi connectivity index (χ0v) is 12.4. The first-order valence-corrected chi connectivity index (χ1v) is 7.89. The summed E-state index contributed by atoms with van der Waals surface area (Å²) >= 11 is 0. The molecule has 0 saturated carbocycles. The van der Waals surface area contributed by atoms with Gasteiger partial charge in [0, 0.05) is 45.1 Å². The van der Waals surface area contributed by atoms with Crippen LogP contribution in [0.5, 0.6) is 0 Å². The summed E-state index contributed by atoms with van der Waals surface area (Å²) in [5, 5.41) is 0. The van der Waals surface area contributed by atoms with Crippen molar-refractivity contribution in [3.05, 3.63) is 42.2 Å². The Hall–Kier alpha value is -1.68. The van der Waals surface area contributed by atoms with Crippen LogP contribution in [0.1, 0.15) is 29.6 Å². The summed E-state index contributed by atoms with van der Waals surface area (Å²) in [6, 6.07) is 3.66. The van der Waals surface area contributed by atoms with Gasteiger partial charge in [0.25, 0.3) is 5.91 Å². The molecular formula is C17H23N3O. The molecule has 1 aromatic heterocycles. The van der Waals surface area contributed by atoms with Crippen LogP contribution >= 0.6 is 0 Å². The lowest BCUT2D eigenvalue weighted by atomic mass is 9.94. The summed E-state index contributed by atoms with van der Waals surface area (Å²) < 4.78 is 0. The van der Waals surface area contributed by atoms with E-state index in [-0.39, 0.29) is 5.91 Å². The molecule has 21 heavy (non-hydrogen) atoms. The fourth-order valence-corrected chi connectivity index (χ4v) is 3.19. The second-order valence-corrected chi connectivity index (χ2v) is 5.98. The van der Waals surface area contributed by atoms with Crippen molar-refractivity contribution in [3.63, 3.8) is 0 Å². The molecular weight excluding hydrogens is 262 g/mol. The molecule has 4 nitrogen and oxygen atoms in total. The number of nitrogens with zero attached hydrogens (tertiary/aromatic N) is 3. The first kappa shape index (κ1) is 14.3. The molecule has 2 aliphatic rings. The van der Waals surface area contributed by atoms with Crippen molar-refractivity contribution in [1.82, 2.24) is 14.8 Å². The summed E-state index contributed by atoms with van der Waals surface area (Å²) in [4.78, 5) is 20.8. The lowest BCUT2D eigenvalue weighted by molar-refractivity contribution is 0.0614. The molecule has 0 aromatic carbocycles. The van der Waals surface area contributed by atoms with E-state index in [1.54, 1.807) is 12.4 Å². The van der Waals surface area contributed by atoms with Crippen LogP contribution < -0.4 is 0 Å². The quantitative estimate of drug-likeness (QED) is 0.799. The smallest absolute Gasteiger partial charge is 0.255 e. The van der Waals surface area contributed by atoms with Gasteiger partial charge in [0.2, 0.25) is 0 Å². The van der Waals surface area contributed by atoms with Crippen LogP contribution in [0.2, 0.25) is 0 Å². The molecule has 0 N–H and O–H groups in total. The second kappa shape index (κ2) is 6.85. The molecule has 1 atom stereocenters. The van der Waals surface area contributed by atoms with Gasteiger partial charge in [-0.1, -0.05) is 12.2 Å². The summed E-state index contributed by atoms with van der Waals surface area (Å²) in [5.74, 6) is 0.916. The number of aromatic nitrogens is 1. The maximum atomic E-state index is 12.4. The highest BCUT2D eigenvalue weighted by molar-refractivity contribution is 5.93. The van der Waals surface area contributed by atoms with Gasteiger partial charge in [0.15, 0.2) is 0 Å². The first-order chi connectivity index (χ1) is 10.3. The third-order valence-corrected chi connectivity index (χ3v) is 4.46. The predicted octanol–water partition coefficient (Wildman–Crippen LogP) is 2.20. The number of hydrogen-bond donors (Lipinski definition) is 0. The number of pyridine rings is 1. The topological polar surface area (TPSA) is 36.4 Å². The van der Waals surface area contributed by atoms with Gasteiger partial charge in [-0.2, -0.15) is 0 Å². The molecule has 3 rings (SSSR count). The second-order valence-electron chi connectivity index (χ2n) is 5.98. The van der Waals surface area contributed by atoms with Crippen LogP contribution in [0.25, 0.3) is 0 Å². The Labute approximate surface area is 126 Å². The predicted molar refractivity (Wildman–Crippen MR) is 83.1 cm³/mol. The molecule has 0 radical (unpaired) electrons. The van der Waals surface area contributed by atoms with E-state index < -0.39 is 0 Å². The normalized spacial score (nSPS) is 23.2. The van der Waals surface area contributed by atoms with Gasteiger partial charge in [-0.05, 0) is 37.3 Å². The Bertz CT molecular complexity index is 492. The maximum Gasteiger partial charge on any atom is 0.255 e. The summed E-state index contributed by atoms with van der Waals surface area (Å²) in [6.07, 6.45) is 11.7. The molecule has 1 aliphatic heterocycles. The highest BCUT2D eigenvalue weighted by atomic mass is 16.2. The SMILES string of the molecule is O=C(c1cccnc1)N1CCN(C[C@@H]2CC=CCC2)CC1. The summed E-state index contributed by atoms with van der Waals surface area (Å²) in [7, 11) is 0. The minimum atomic E-state index is 0.114. The van der Waals surface area contributed by atoms with Crippen LogP contribution in [0.4, 0.5) is 0 Å². The minimum absolute atomic E-state index is 0.114. The fraction of sp³-hybridized carbons (Fsp3) is 0.529. The third-order valence-electron chi connectivity index (χ3n) is 4.46. The van der Waals surface area contributed by atoms with Crippen LogP contribution in [0.3, 0.4) is 0 Å². The van der Waals surface area contributed by atoms with Gasteiger partial charge in [0.1, 0.15) is 0 Å². The lowest BCUT2D eigenvalue weighted by Gasteiger charge is -2.36. The van der Waals surface area contributed by atoms with Crippen molar-refractivity contribution in [3.8, 4) is 0 Å². The van der Waals surface area contributed by atoms with E-state index in [1.807, 2.05) is 17.0 Å². The number of amides is 1. The molecule has 0 unspecified atom stereocenters. The van der Waals surface area contributed by atoms with Crippen LogP contribution in [0, 0.1) is 5.92 Å². The van der Waals surface area contributed by atoms with Gasteiger partial charge in [0.05, 0.1) is 5.56 Å². The Morgan fingerprint density at radius 1 is 1.24 bits per heavy atom. The number of rotatable bonds is 3. The van der Waals surface area contributed by atoms with Crippen molar-refractivity contribution in [2.45, 2.75) is 19.3 Å². The van der Waals surface area contributed by atoms with Crippen molar-refractivity contribution in [2.75, 3.05) is 32.7 Å². The van der Waals surface area contributed by atoms with Crippen molar-refractivity contribution in [1.29, 1.82) is 0 Å². The van der Waals surface area contributed by atoms with E-state index in [4.69, 9.17) is 0 Å². The van der Waals surface area contributed by atoms with Crippen molar-refractivity contribution < 1.29 is 4.79 Å². The van der Waals surface area contributed by atoms with Crippen LogP contribution in [-0.4, -0.2) is 53.4 Å². The molecule has 2 heterocycles. The molecule has 1 aromatic rings. The van der Waals surface area contributed by atoms with Gasteiger partial charge in [-0.3, -0.25) is 14.7 Å². The number of carbonyl (C=O) groups is 1. The number of allylic oxidation sites excluding steroid dienone is 2. The van der Waals surface area contributed by atoms with E-state index in [0.717, 1.165) is 32.1 Å². The average molecular weight is 285 g/mol. The average Bonchev–Trinajstić information content (AvgIpc) is 2.57. The fourth-order valence-electron chi connectivity index (χ4n) is 3.19. The van der Waals surface area contributed by atoms with E-state index >= 15 is 0 Å². The van der Waals surface area contributed by atoms with E-state index in [0.29, 0.717) is 5.56 Å². The molecule has 1 saturated heterocycles. The highest BCUT2D eigenvalue weighted by Gasteiger charge is 2.23. The van der Waals surface area contributed by atoms with Crippen LogP contribution in [-0.2, 0) is 0 Å². The van der Waals surface area contributed by atoms with Crippen molar-refractivity contribution >= 4 is 5.91 Å². The van der Waals surface area contributed by atoms with Gasteiger partial charge < -0.3 is 4.90 Å². The third kappa shape index (κ3) is 3.70. The molecule has 4 heteroatoms. The number of piperazine rings is 1. The Morgan fingerprint density at radius 3 is 2.76 bits per heavy atom. The molecule has 1 aliphatic carbocycles. The summed E-state index contributed by atoms with van der Waals surface area (Å²) in [5.41, 5.74) is 0.698. The molecule has 0 spiro atoms. The molecule has 1 fully saturated rings. The monoisotopic (exact) mass is 285 g/mol. The van der Waals surface area contributed by atoms with E-state index in [9.17, 15) is 4.79 Å². The maximum absolute atomic E-state index is 12.4. The molecule has 112 valence electrons. The lowest BCUT2D eigenvalue weighted by Crippen LogP contribution is -2.49. The Kier molecular flexibility index (Phi) is 4.65. The van der Waals surface area contributed by atoms with Gasteiger partial charge in [-0.25, -0.2) is 0 Å². The first-order valence-electron chi connectivity index (χ1n) is 7.89. The Balaban J connectivity index is 1.48. The van der Waals surface area contributed by atoms with Gasteiger partial charge >= 0.3 is 0 Å². The Morgan fingerprint density at radius 2 is 2.10 bits per heavy atom. The standard InChI is InChI=1S/C17H23N3O/c21-17(16-7-4-8-18-13-16)20-11-9-19(10-12-20)14-15-5-2-1-3-6-15/h1-2,4,7-8,13,15H,3,5-6,9-12,14H2/t15-/m1/s1. The van der Waals surface area contributed by atoms with Gasteiger partial charge in [-0.15, -0.1) is 0 Å². The molecule has 1 amide bonds. The minimum Gasteiger partial charge on any atom is -0.336 e. The van der Waals surface area contributed by atoms with Crippen molar-refractivity contribution in [2.24, 2.45) is 5.92 Å². The number of carbonyl (C=O) groups excluding carboxylic acids is 1. The summed E-state index contributed by atoms with van der Waals surface area (Å²) in [6.45, 7) is 4.82. The zero-order valence-electron chi connectivity index (χ0n) is 12.4. The van der Waals surface area contributed by atoms with E-state index in [2.05, 4.69) is 22.0 Å². The largest absolute Gasteiger partial charge is 0.336 e. The zero-order chi connectivity index (χ0) is 14.5. The van der Waals surface area contributed by atoms with Crippen LogP contribution in [0.15, 0.2) is 36.7 Å². The number of hydrogen-bond acceptors (Lipinski definition) is 3. The highest BCUT2D eigenvalue weighted by Crippen LogP contribution is 2.20. The molecule has 0 bridgehead atoms. The van der Waals surface area contributed by atoms with E-state index in [1.165, 1.54) is 25.8 Å².